The molecule has 0 unspecified atom stereocenters. The first-order valence-corrected chi connectivity index (χ1v) is 7.31. The van der Waals surface area contributed by atoms with E-state index in [1.807, 2.05) is 24.5 Å². The van der Waals surface area contributed by atoms with Crippen molar-refractivity contribution in [3.63, 3.8) is 0 Å². The second-order valence-electron chi connectivity index (χ2n) is 4.87. The fourth-order valence-corrected chi connectivity index (χ4v) is 2.04. The lowest BCUT2D eigenvalue weighted by Gasteiger charge is -2.09. The van der Waals surface area contributed by atoms with E-state index < -0.39 is 0 Å². The van der Waals surface area contributed by atoms with E-state index in [0.717, 1.165) is 49.6 Å². The average molecular weight is 270 g/mol. The van der Waals surface area contributed by atoms with Crippen LogP contribution in [0.25, 0.3) is 0 Å². The standard InChI is InChI=1S/C16H22N4/c1-3-5-14-12-15(18-8-4-2)20-16(19-14)11-13-6-9-17-10-7-13/h6-7,9-10,12H,3-5,8,11H2,1-2H3,(H,18,19,20). The zero-order valence-corrected chi connectivity index (χ0v) is 12.3. The van der Waals surface area contributed by atoms with E-state index in [4.69, 9.17) is 0 Å². The molecule has 2 rings (SSSR count). The molecule has 0 radical (unpaired) electrons. The van der Waals surface area contributed by atoms with Crippen LogP contribution in [-0.4, -0.2) is 21.5 Å². The van der Waals surface area contributed by atoms with Crippen molar-refractivity contribution in [2.75, 3.05) is 11.9 Å². The summed E-state index contributed by atoms with van der Waals surface area (Å²) in [5.74, 6) is 1.81. The maximum Gasteiger partial charge on any atom is 0.135 e. The van der Waals surface area contributed by atoms with Crippen LogP contribution >= 0.6 is 0 Å². The van der Waals surface area contributed by atoms with E-state index in [1.54, 1.807) is 0 Å². The lowest BCUT2D eigenvalue weighted by Crippen LogP contribution is -2.08. The van der Waals surface area contributed by atoms with Crippen LogP contribution in [0.1, 0.15) is 43.8 Å². The maximum atomic E-state index is 4.65. The number of nitrogens with zero attached hydrogens (tertiary/aromatic N) is 3. The number of anilines is 1. The van der Waals surface area contributed by atoms with Crippen LogP contribution in [-0.2, 0) is 12.8 Å². The molecule has 0 atom stereocenters. The largest absolute Gasteiger partial charge is 0.370 e. The smallest absolute Gasteiger partial charge is 0.135 e. The summed E-state index contributed by atoms with van der Waals surface area (Å²) in [6, 6.07) is 6.08. The summed E-state index contributed by atoms with van der Waals surface area (Å²) in [6.07, 6.45) is 7.54. The first-order chi connectivity index (χ1) is 9.81. The molecule has 4 nitrogen and oxygen atoms in total. The summed E-state index contributed by atoms with van der Waals surface area (Å²) < 4.78 is 0. The molecule has 0 fully saturated rings. The van der Waals surface area contributed by atoms with Gasteiger partial charge in [-0.15, -0.1) is 0 Å². The van der Waals surface area contributed by atoms with Crippen LogP contribution in [0.4, 0.5) is 5.82 Å². The number of aryl methyl sites for hydroxylation is 1. The summed E-state index contributed by atoms with van der Waals surface area (Å²) in [6.45, 7) is 5.26. The SMILES string of the molecule is CCCNc1cc(CCC)nc(Cc2ccncc2)n1. The maximum absolute atomic E-state index is 4.65. The molecular formula is C16H22N4. The third-order valence-corrected chi connectivity index (χ3v) is 3.00. The van der Waals surface area contributed by atoms with Crippen molar-refractivity contribution in [1.29, 1.82) is 0 Å². The Morgan fingerprint density at radius 2 is 1.85 bits per heavy atom. The lowest BCUT2D eigenvalue weighted by molar-refractivity contribution is 0.838. The van der Waals surface area contributed by atoms with Crippen molar-refractivity contribution in [1.82, 2.24) is 15.0 Å². The van der Waals surface area contributed by atoms with Crippen LogP contribution in [0.2, 0.25) is 0 Å². The molecule has 0 spiro atoms. The van der Waals surface area contributed by atoms with Crippen LogP contribution < -0.4 is 5.32 Å². The van der Waals surface area contributed by atoms with E-state index in [9.17, 15) is 0 Å². The van der Waals surface area contributed by atoms with Gasteiger partial charge >= 0.3 is 0 Å². The Morgan fingerprint density at radius 1 is 1.05 bits per heavy atom. The molecule has 106 valence electrons. The van der Waals surface area contributed by atoms with Crippen LogP contribution in [0, 0.1) is 0 Å². The number of nitrogens with one attached hydrogen (secondary N) is 1. The Bertz CT molecular complexity index is 525. The molecule has 20 heavy (non-hydrogen) atoms. The van der Waals surface area contributed by atoms with Crippen molar-refractivity contribution in [2.24, 2.45) is 0 Å². The Hall–Kier alpha value is -1.97. The predicted octanol–water partition coefficient (Wildman–Crippen LogP) is 3.24. The first kappa shape index (κ1) is 14.4. The lowest BCUT2D eigenvalue weighted by atomic mass is 10.2. The highest BCUT2D eigenvalue weighted by Gasteiger charge is 2.05. The molecule has 0 bridgehead atoms. The van der Waals surface area contributed by atoms with Crippen molar-refractivity contribution in [2.45, 2.75) is 39.5 Å². The van der Waals surface area contributed by atoms with Gasteiger partial charge in [0, 0.05) is 37.1 Å². The van der Waals surface area contributed by atoms with Gasteiger partial charge in [0.1, 0.15) is 11.6 Å². The third-order valence-electron chi connectivity index (χ3n) is 3.00. The summed E-state index contributed by atoms with van der Waals surface area (Å²) in [4.78, 5) is 13.3. The van der Waals surface area contributed by atoms with Gasteiger partial charge in [0.05, 0.1) is 0 Å². The number of aromatic nitrogens is 3. The minimum atomic E-state index is 0.751. The molecule has 0 saturated heterocycles. The summed E-state index contributed by atoms with van der Waals surface area (Å²) in [7, 11) is 0. The molecule has 0 saturated carbocycles. The fraction of sp³-hybridized carbons (Fsp3) is 0.438. The Kier molecular flexibility index (Phi) is 5.47. The normalized spacial score (nSPS) is 10.5. The second-order valence-corrected chi connectivity index (χ2v) is 4.87. The van der Waals surface area contributed by atoms with Gasteiger partial charge in [0.15, 0.2) is 0 Å². The topological polar surface area (TPSA) is 50.7 Å². The minimum Gasteiger partial charge on any atom is -0.370 e. The molecule has 2 heterocycles. The molecule has 0 aliphatic rings. The van der Waals surface area contributed by atoms with Gasteiger partial charge in [0.2, 0.25) is 0 Å². The predicted molar refractivity (Wildman–Crippen MR) is 81.9 cm³/mol. The van der Waals surface area contributed by atoms with Crippen molar-refractivity contribution >= 4 is 5.82 Å². The van der Waals surface area contributed by atoms with Crippen molar-refractivity contribution in [3.8, 4) is 0 Å². The third kappa shape index (κ3) is 4.30. The highest BCUT2D eigenvalue weighted by Crippen LogP contribution is 2.12. The van der Waals surface area contributed by atoms with Gasteiger partial charge in [-0.3, -0.25) is 4.98 Å². The minimum absolute atomic E-state index is 0.751. The summed E-state index contributed by atoms with van der Waals surface area (Å²) in [5.41, 5.74) is 2.31. The molecule has 0 aliphatic heterocycles. The zero-order valence-electron chi connectivity index (χ0n) is 12.3. The average Bonchev–Trinajstić information content (AvgIpc) is 2.46. The molecule has 0 amide bonds. The highest BCUT2D eigenvalue weighted by atomic mass is 15.0. The van der Waals surface area contributed by atoms with Gasteiger partial charge in [0.25, 0.3) is 0 Å². The monoisotopic (exact) mass is 270 g/mol. The number of rotatable bonds is 7. The van der Waals surface area contributed by atoms with E-state index in [0.29, 0.717) is 0 Å². The highest BCUT2D eigenvalue weighted by molar-refractivity contribution is 5.36. The van der Waals surface area contributed by atoms with Gasteiger partial charge < -0.3 is 5.32 Å². The fourth-order valence-electron chi connectivity index (χ4n) is 2.04. The van der Waals surface area contributed by atoms with Crippen LogP contribution in [0.15, 0.2) is 30.6 Å². The molecule has 2 aromatic heterocycles. The van der Waals surface area contributed by atoms with E-state index >= 15 is 0 Å². The Morgan fingerprint density at radius 3 is 2.55 bits per heavy atom. The molecule has 0 aliphatic carbocycles. The van der Waals surface area contributed by atoms with Crippen LogP contribution in [0.5, 0.6) is 0 Å². The van der Waals surface area contributed by atoms with Gasteiger partial charge in [-0.05, 0) is 30.5 Å². The Balaban J connectivity index is 2.19. The van der Waals surface area contributed by atoms with E-state index in [-0.39, 0.29) is 0 Å². The molecule has 2 aromatic rings. The van der Waals surface area contributed by atoms with E-state index in [1.165, 1.54) is 5.56 Å². The van der Waals surface area contributed by atoms with Crippen molar-refractivity contribution < 1.29 is 0 Å². The van der Waals surface area contributed by atoms with Crippen LogP contribution in [0.3, 0.4) is 0 Å². The van der Waals surface area contributed by atoms with Gasteiger partial charge in [-0.1, -0.05) is 20.3 Å². The number of hydrogen-bond donors (Lipinski definition) is 1. The molecule has 4 heteroatoms. The first-order valence-electron chi connectivity index (χ1n) is 7.31. The molecule has 0 aromatic carbocycles. The number of hydrogen-bond acceptors (Lipinski definition) is 4. The van der Waals surface area contributed by atoms with Gasteiger partial charge in [-0.2, -0.15) is 0 Å². The number of pyridine rings is 1. The summed E-state index contributed by atoms with van der Waals surface area (Å²) in [5, 5.41) is 3.36. The summed E-state index contributed by atoms with van der Waals surface area (Å²) >= 11 is 0. The zero-order chi connectivity index (χ0) is 14.2. The van der Waals surface area contributed by atoms with E-state index in [2.05, 4.69) is 40.2 Å². The Labute approximate surface area is 120 Å². The van der Waals surface area contributed by atoms with Crippen molar-refractivity contribution in [3.05, 3.63) is 47.7 Å². The quantitative estimate of drug-likeness (QED) is 0.839. The molecular weight excluding hydrogens is 248 g/mol. The molecule has 1 N–H and O–H groups in total. The van der Waals surface area contributed by atoms with Gasteiger partial charge in [-0.25, -0.2) is 9.97 Å². The second kappa shape index (κ2) is 7.58.